The van der Waals surface area contributed by atoms with Crippen LogP contribution < -0.4 is 0 Å². The van der Waals surface area contributed by atoms with Crippen molar-refractivity contribution in [3.05, 3.63) is 166 Å². The number of phenolic OH excluding ortho intramolecular Hbond substituents is 1. The average Bonchev–Trinajstić information content (AvgIpc) is 3.68. The predicted octanol–water partition coefficient (Wildman–Crippen LogP) is 16.0. The molecule has 0 radical (unpaired) electrons. The quantitative estimate of drug-likeness (QED) is 0.154. The van der Waals surface area contributed by atoms with Crippen LogP contribution in [0.4, 0.5) is 0 Å². The molecule has 2 aromatic heterocycles. The van der Waals surface area contributed by atoms with Crippen molar-refractivity contribution in [2.24, 2.45) is 0 Å². The molecule has 6 aromatic carbocycles. The smallest absolute Gasteiger partial charge is 0.148 e. The van der Waals surface area contributed by atoms with Gasteiger partial charge in [0.15, 0.2) is 0 Å². The molecule has 0 saturated heterocycles. The second-order valence-corrected chi connectivity index (χ2v) is 19.3. The van der Waals surface area contributed by atoms with E-state index in [0.717, 1.165) is 50.1 Å². The van der Waals surface area contributed by atoms with E-state index in [1.807, 2.05) is 114 Å². The van der Waals surface area contributed by atoms with Gasteiger partial charge in [0, 0.05) is 35.7 Å². The van der Waals surface area contributed by atoms with Crippen LogP contribution in [0.5, 0.6) is 5.75 Å². The van der Waals surface area contributed by atoms with Crippen LogP contribution in [0.15, 0.2) is 121 Å². The summed E-state index contributed by atoms with van der Waals surface area (Å²) in [6.07, 6.45) is -0.488. The van der Waals surface area contributed by atoms with Crippen LogP contribution >= 0.6 is 0 Å². The van der Waals surface area contributed by atoms with Crippen molar-refractivity contribution in [1.82, 2.24) is 14.5 Å². The number of para-hydroxylation sites is 1. The van der Waals surface area contributed by atoms with Crippen LogP contribution in [0.3, 0.4) is 0 Å². The van der Waals surface area contributed by atoms with Gasteiger partial charge in [-0.05, 0) is 124 Å². The zero-order valence-corrected chi connectivity index (χ0v) is 41.4. The van der Waals surface area contributed by atoms with Gasteiger partial charge >= 0.3 is 0 Å². The summed E-state index contributed by atoms with van der Waals surface area (Å²) < 4.78 is 81.9. The second-order valence-electron chi connectivity index (χ2n) is 19.3. The number of benzene rings is 6. The van der Waals surface area contributed by atoms with Crippen molar-refractivity contribution in [3.8, 4) is 67.5 Å². The molecular formula is C59H62N3OPt-. The molecular weight excluding hydrogens is 962 g/mol. The van der Waals surface area contributed by atoms with E-state index in [9.17, 15) is 6.48 Å². The monoisotopic (exact) mass is 1030 g/mol. The summed E-state index contributed by atoms with van der Waals surface area (Å²) in [6, 6.07) is 27.3. The van der Waals surface area contributed by atoms with Crippen LogP contribution in [0.25, 0.3) is 72.7 Å². The predicted molar refractivity (Wildman–Crippen MR) is 266 cm³/mol. The summed E-state index contributed by atoms with van der Waals surface area (Å²) in [5.74, 6) is -1.17. The molecule has 8 rings (SSSR count). The number of nitrogens with zero attached hydrogens (tertiary/aromatic N) is 3. The Morgan fingerprint density at radius 3 is 1.92 bits per heavy atom. The van der Waals surface area contributed by atoms with E-state index in [1.54, 1.807) is 0 Å². The maximum absolute atomic E-state index is 12.0. The van der Waals surface area contributed by atoms with Gasteiger partial charge in [-0.25, -0.2) is 4.98 Å². The Labute approximate surface area is 408 Å². The van der Waals surface area contributed by atoms with E-state index >= 15 is 0 Å². The van der Waals surface area contributed by atoms with Gasteiger partial charge < -0.3 is 5.11 Å². The van der Waals surface area contributed by atoms with Crippen molar-refractivity contribution in [2.75, 3.05) is 0 Å². The van der Waals surface area contributed by atoms with Gasteiger partial charge in [-0.1, -0.05) is 159 Å². The van der Waals surface area contributed by atoms with Gasteiger partial charge in [0.05, 0.1) is 31.9 Å². The van der Waals surface area contributed by atoms with E-state index in [0.29, 0.717) is 39.2 Å². The molecule has 0 aliphatic heterocycles. The minimum atomic E-state index is -0.889. The number of fused-ring (bicyclic) bond motifs is 1. The molecule has 0 atom stereocenters. The normalized spacial score (nSPS) is 14.4. The molecule has 0 fully saturated rings. The Bertz CT molecular complexity index is 3480. The summed E-state index contributed by atoms with van der Waals surface area (Å²) >= 11 is 0. The molecule has 2 heterocycles. The molecule has 8 aromatic rings. The van der Waals surface area contributed by atoms with Gasteiger partial charge in [0.2, 0.25) is 0 Å². The van der Waals surface area contributed by atoms with Crippen LogP contribution in [0.2, 0.25) is 0 Å². The number of aryl methyl sites for hydroxylation is 2. The number of aromatic hydroxyl groups is 1. The van der Waals surface area contributed by atoms with Crippen LogP contribution in [0, 0.1) is 26.8 Å². The standard InChI is InChI=1S/C59H62N3O.Pt/c1-35(2)43-27-44(36(3)4)29-45(28-43)41-21-22-53(38(6)25-41)62-54-16-14-15-50(55(54)61-57(62)51-34-48(58(8,9)10)26-39(7)56(51)63)46-30-47(32-49(31-46)59(11,12)13)52-33-42(23-24-60-52)40-19-17-37(5)18-20-40;/h14-29,31-36,63H,1-13H3;/q-1;/i17D,18D,19D,20D,23D,24D,33D,35D,36D;. The maximum atomic E-state index is 12.0. The average molecular weight is 1030 g/mol. The van der Waals surface area contributed by atoms with E-state index in [4.69, 9.17) is 16.0 Å². The number of hydrogen-bond donors (Lipinski definition) is 1. The van der Waals surface area contributed by atoms with Gasteiger partial charge in [-0.3, -0.25) is 9.55 Å². The Hall–Kier alpha value is -5.57. The molecule has 5 heteroatoms. The van der Waals surface area contributed by atoms with Gasteiger partial charge in [0.1, 0.15) is 11.6 Å². The van der Waals surface area contributed by atoms with E-state index < -0.39 is 41.5 Å². The molecule has 0 aliphatic rings. The third-order valence-electron chi connectivity index (χ3n) is 11.8. The Balaban J connectivity index is 0.00000780. The SMILES string of the molecule is [2H]c1nc(-c2[c-]c(-c3cccc4c3nc(-c3cc(C(C)(C)C)cc(C)c3O)n4-c3ccc(-c4cc(C([2H])(C)C)cc(C([2H])(C)C)c4)cc3C)cc(C(C)(C)C)c2)c([2H])c(-c2c([2H])c([2H])c(C)c([2H])c2[2H])c1[2H].[Pt]. The number of phenols is 1. The summed E-state index contributed by atoms with van der Waals surface area (Å²) in [5.41, 5.74) is 10.2. The Kier molecular flexibility index (Phi) is 9.93. The van der Waals surface area contributed by atoms with Crippen molar-refractivity contribution in [1.29, 1.82) is 0 Å². The number of imidazole rings is 1. The molecule has 0 saturated carbocycles. The van der Waals surface area contributed by atoms with Crippen LogP contribution in [-0.4, -0.2) is 19.6 Å². The van der Waals surface area contributed by atoms with Crippen molar-refractivity contribution >= 4 is 11.0 Å². The van der Waals surface area contributed by atoms with Gasteiger partial charge in [-0.15, -0.1) is 29.3 Å². The van der Waals surface area contributed by atoms with E-state index in [1.165, 1.54) is 6.92 Å². The molecule has 1 N–H and O–H groups in total. The molecule has 0 spiro atoms. The van der Waals surface area contributed by atoms with Crippen LogP contribution in [0.1, 0.15) is 132 Å². The summed E-state index contributed by atoms with van der Waals surface area (Å²) in [4.78, 5) is 9.91. The topological polar surface area (TPSA) is 50.9 Å². The Morgan fingerprint density at radius 1 is 0.656 bits per heavy atom. The van der Waals surface area contributed by atoms with Gasteiger partial charge in [-0.2, -0.15) is 0 Å². The van der Waals surface area contributed by atoms with Gasteiger partial charge in [0.25, 0.3) is 0 Å². The van der Waals surface area contributed by atoms with Crippen LogP contribution in [-0.2, 0) is 31.9 Å². The minimum Gasteiger partial charge on any atom is -0.507 e. The maximum Gasteiger partial charge on any atom is 0.148 e. The number of rotatable bonds is 8. The van der Waals surface area contributed by atoms with Crippen molar-refractivity contribution < 1.29 is 38.5 Å². The first-order chi connectivity index (χ1) is 33.3. The first-order valence-corrected chi connectivity index (χ1v) is 21.6. The molecule has 0 aliphatic carbocycles. The largest absolute Gasteiger partial charge is 0.507 e. The summed E-state index contributed by atoms with van der Waals surface area (Å²) in [7, 11) is 0. The third kappa shape index (κ3) is 9.18. The number of pyridine rings is 1. The Morgan fingerprint density at radius 2 is 1.30 bits per heavy atom. The molecule has 0 bridgehead atoms. The van der Waals surface area contributed by atoms with E-state index in [-0.39, 0.29) is 72.7 Å². The zero-order valence-electron chi connectivity index (χ0n) is 48.1. The van der Waals surface area contributed by atoms with Crippen molar-refractivity contribution in [2.45, 2.75) is 113 Å². The first-order valence-electron chi connectivity index (χ1n) is 26.1. The second kappa shape index (κ2) is 17.8. The molecule has 4 nitrogen and oxygen atoms in total. The summed E-state index contributed by atoms with van der Waals surface area (Å²) in [5, 5.41) is 12.0. The molecule has 0 amide bonds. The summed E-state index contributed by atoms with van der Waals surface area (Å²) in [6.45, 7) is 25.4. The third-order valence-corrected chi connectivity index (χ3v) is 11.8. The van der Waals surface area contributed by atoms with Crippen molar-refractivity contribution in [3.63, 3.8) is 0 Å². The fourth-order valence-corrected chi connectivity index (χ4v) is 7.93. The fraction of sp³-hybridized carbons (Fsp3) is 0.288. The molecule has 64 heavy (non-hydrogen) atoms. The number of hydrogen-bond acceptors (Lipinski definition) is 3. The number of aromatic nitrogens is 3. The van der Waals surface area contributed by atoms with E-state index in [2.05, 4.69) is 63.2 Å². The zero-order chi connectivity index (χ0) is 53.1. The first kappa shape index (κ1) is 35.7. The minimum absolute atomic E-state index is 0. The fourth-order valence-electron chi connectivity index (χ4n) is 7.93. The molecule has 0 unspecified atom stereocenters. The molecule has 330 valence electrons.